The third-order valence-electron chi connectivity index (χ3n) is 6.49. The van der Waals surface area contributed by atoms with Gasteiger partial charge in [0.05, 0.1) is 17.4 Å². The van der Waals surface area contributed by atoms with E-state index >= 15 is 0 Å². The van der Waals surface area contributed by atoms with Crippen molar-refractivity contribution in [1.29, 1.82) is 0 Å². The Balaban J connectivity index is 1.32. The highest BCUT2D eigenvalue weighted by atomic mass is 16.2. The molecule has 3 aromatic rings. The van der Waals surface area contributed by atoms with E-state index in [0.29, 0.717) is 24.3 Å². The maximum atomic E-state index is 13.1. The molecule has 1 fully saturated rings. The summed E-state index contributed by atoms with van der Waals surface area (Å²) < 4.78 is 1.80. The van der Waals surface area contributed by atoms with E-state index in [1.807, 2.05) is 50.1 Å². The van der Waals surface area contributed by atoms with Gasteiger partial charge in [0.25, 0.3) is 11.8 Å². The maximum Gasteiger partial charge on any atom is 0.270 e. The molecule has 0 saturated carbocycles. The summed E-state index contributed by atoms with van der Waals surface area (Å²) in [5, 5.41) is 15.8. The van der Waals surface area contributed by atoms with Crippen molar-refractivity contribution in [2.24, 2.45) is 0 Å². The molecule has 2 aliphatic heterocycles. The standard InChI is InChI=1S/C22H26N6O2/c1-13(2)28-19-16(12-23-28)11-22(24-20(19)29)6-8-27(9-7-22)21(30)15-4-5-18-17(10-15)14(3)25-26-18/h4-5,10,12-13H,6-9,11H2,1-3H3,(H,24,29)(H,25,26). The van der Waals surface area contributed by atoms with Gasteiger partial charge in [-0.2, -0.15) is 10.2 Å². The van der Waals surface area contributed by atoms with Gasteiger partial charge < -0.3 is 10.2 Å². The zero-order valence-electron chi connectivity index (χ0n) is 17.5. The van der Waals surface area contributed by atoms with Crippen LogP contribution < -0.4 is 5.32 Å². The lowest BCUT2D eigenvalue weighted by Crippen LogP contribution is -2.59. The van der Waals surface area contributed by atoms with Crippen LogP contribution in [0.1, 0.15) is 64.8 Å². The van der Waals surface area contributed by atoms with Crippen molar-refractivity contribution < 1.29 is 9.59 Å². The van der Waals surface area contributed by atoms with E-state index in [0.717, 1.165) is 41.4 Å². The second-order valence-electron chi connectivity index (χ2n) is 8.83. The summed E-state index contributed by atoms with van der Waals surface area (Å²) in [4.78, 5) is 27.8. The summed E-state index contributed by atoms with van der Waals surface area (Å²) in [5.74, 6) is -0.0223. The minimum absolute atomic E-state index is 0.0304. The lowest BCUT2D eigenvalue weighted by molar-refractivity contribution is 0.0603. The molecule has 156 valence electrons. The van der Waals surface area contributed by atoms with Gasteiger partial charge in [0, 0.05) is 41.2 Å². The number of aromatic nitrogens is 4. The van der Waals surface area contributed by atoms with Crippen molar-refractivity contribution in [2.45, 2.75) is 51.6 Å². The van der Waals surface area contributed by atoms with E-state index < -0.39 is 0 Å². The third-order valence-corrected chi connectivity index (χ3v) is 6.49. The normalized spacial score (nSPS) is 18.1. The van der Waals surface area contributed by atoms with E-state index in [-0.39, 0.29) is 23.4 Å². The van der Waals surface area contributed by atoms with Gasteiger partial charge in [0.2, 0.25) is 0 Å². The molecule has 2 N–H and O–H groups in total. The molecule has 1 aromatic carbocycles. The molecule has 5 rings (SSSR count). The highest BCUT2D eigenvalue weighted by Gasteiger charge is 2.43. The number of fused-ring (bicyclic) bond motifs is 2. The molecule has 0 unspecified atom stereocenters. The van der Waals surface area contributed by atoms with Crippen LogP contribution in [-0.2, 0) is 6.42 Å². The molecule has 30 heavy (non-hydrogen) atoms. The van der Waals surface area contributed by atoms with Gasteiger partial charge in [0.15, 0.2) is 0 Å². The molecule has 8 nitrogen and oxygen atoms in total. The van der Waals surface area contributed by atoms with Crippen molar-refractivity contribution in [3.05, 3.63) is 46.9 Å². The first-order valence-corrected chi connectivity index (χ1v) is 10.5. The summed E-state index contributed by atoms with van der Waals surface area (Å²) in [7, 11) is 0. The molecule has 2 aromatic heterocycles. The van der Waals surface area contributed by atoms with Crippen LogP contribution in [-0.4, -0.2) is 55.3 Å². The highest BCUT2D eigenvalue weighted by Crippen LogP contribution is 2.33. The van der Waals surface area contributed by atoms with Crippen molar-refractivity contribution in [2.75, 3.05) is 13.1 Å². The fourth-order valence-electron chi connectivity index (χ4n) is 4.78. The Morgan fingerprint density at radius 3 is 2.73 bits per heavy atom. The smallest absolute Gasteiger partial charge is 0.270 e. The summed E-state index contributed by atoms with van der Waals surface area (Å²) in [6.45, 7) is 7.22. The molecule has 2 aliphatic rings. The van der Waals surface area contributed by atoms with Crippen LogP contribution in [0.3, 0.4) is 0 Å². The van der Waals surface area contributed by atoms with Crippen molar-refractivity contribution >= 4 is 22.7 Å². The minimum Gasteiger partial charge on any atom is -0.345 e. The van der Waals surface area contributed by atoms with Gasteiger partial charge >= 0.3 is 0 Å². The summed E-state index contributed by atoms with van der Waals surface area (Å²) in [5.41, 5.74) is 3.89. The number of likely N-dealkylation sites (tertiary alicyclic amines) is 1. The fourth-order valence-corrected chi connectivity index (χ4v) is 4.78. The predicted octanol–water partition coefficient (Wildman–Crippen LogP) is 2.61. The van der Waals surface area contributed by atoms with E-state index in [4.69, 9.17) is 0 Å². The topological polar surface area (TPSA) is 95.9 Å². The Hall–Kier alpha value is -3.16. The SMILES string of the molecule is Cc1n[nH]c2ccc(C(=O)N3CCC4(CC3)Cc3cnn(C(C)C)c3C(=O)N4)cc12. The average Bonchev–Trinajstić information content (AvgIpc) is 3.32. The van der Waals surface area contributed by atoms with Gasteiger partial charge in [-0.05, 0) is 58.2 Å². The second kappa shape index (κ2) is 6.68. The third kappa shape index (κ3) is 2.89. The number of piperidine rings is 1. The first-order valence-electron chi connectivity index (χ1n) is 10.5. The van der Waals surface area contributed by atoms with Crippen molar-refractivity contribution in [3.8, 4) is 0 Å². The number of aryl methyl sites for hydroxylation is 1. The van der Waals surface area contributed by atoms with Crippen LogP contribution in [0.2, 0.25) is 0 Å². The molecule has 8 heteroatoms. The number of rotatable bonds is 2. The summed E-state index contributed by atoms with van der Waals surface area (Å²) >= 11 is 0. The lowest BCUT2D eigenvalue weighted by Gasteiger charge is -2.44. The monoisotopic (exact) mass is 406 g/mol. The first-order chi connectivity index (χ1) is 14.4. The first kappa shape index (κ1) is 18.8. The molecule has 0 aliphatic carbocycles. The number of nitrogens with zero attached hydrogens (tertiary/aromatic N) is 4. The number of nitrogens with one attached hydrogen (secondary N) is 2. The molecule has 0 radical (unpaired) electrons. The zero-order chi connectivity index (χ0) is 21.0. The molecule has 2 amide bonds. The molecular formula is C22H26N6O2. The van der Waals surface area contributed by atoms with E-state index in [9.17, 15) is 9.59 Å². The van der Waals surface area contributed by atoms with Crippen LogP contribution in [0.25, 0.3) is 10.9 Å². The van der Waals surface area contributed by atoms with Gasteiger partial charge in [-0.15, -0.1) is 0 Å². The van der Waals surface area contributed by atoms with Gasteiger partial charge in [-0.1, -0.05) is 0 Å². The van der Waals surface area contributed by atoms with Crippen LogP contribution in [0, 0.1) is 6.92 Å². The fraction of sp³-hybridized carbons (Fsp3) is 0.455. The minimum atomic E-state index is -0.295. The number of carbonyl (C=O) groups excluding carboxylic acids is 2. The molecule has 0 atom stereocenters. The number of carbonyl (C=O) groups is 2. The second-order valence-corrected chi connectivity index (χ2v) is 8.83. The number of hydrogen-bond donors (Lipinski definition) is 2. The number of hydrogen-bond acceptors (Lipinski definition) is 4. The van der Waals surface area contributed by atoms with Gasteiger partial charge in [0.1, 0.15) is 5.69 Å². The number of H-pyrrole nitrogens is 1. The van der Waals surface area contributed by atoms with Gasteiger partial charge in [-0.3, -0.25) is 19.4 Å². The summed E-state index contributed by atoms with van der Waals surface area (Å²) in [6.07, 6.45) is 4.08. The highest BCUT2D eigenvalue weighted by molar-refractivity contribution is 5.99. The van der Waals surface area contributed by atoms with Crippen LogP contribution in [0.5, 0.6) is 0 Å². The van der Waals surface area contributed by atoms with Crippen molar-refractivity contribution in [1.82, 2.24) is 30.2 Å². The van der Waals surface area contributed by atoms with E-state index in [1.165, 1.54) is 0 Å². The largest absolute Gasteiger partial charge is 0.345 e. The number of aromatic amines is 1. The Morgan fingerprint density at radius 2 is 2.00 bits per heavy atom. The van der Waals surface area contributed by atoms with Crippen LogP contribution in [0.15, 0.2) is 24.4 Å². The number of amides is 2. The molecule has 0 bridgehead atoms. The maximum absolute atomic E-state index is 13.1. The summed E-state index contributed by atoms with van der Waals surface area (Å²) in [6, 6.07) is 5.81. The molecule has 1 saturated heterocycles. The molecule has 1 spiro atoms. The van der Waals surface area contributed by atoms with Crippen LogP contribution in [0.4, 0.5) is 0 Å². The lowest BCUT2D eigenvalue weighted by atomic mass is 9.79. The molecule has 4 heterocycles. The van der Waals surface area contributed by atoms with Crippen LogP contribution >= 0.6 is 0 Å². The predicted molar refractivity (Wildman–Crippen MR) is 112 cm³/mol. The van der Waals surface area contributed by atoms with E-state index in [1.54, 1.807) is 4.68 Å². The number of benzene rings is 1. The quantitative estimate of drug-likeness (QED) is 0.684. The average molecular weight is 406 g/mol. The molecular weight excluding hydrogens is 380 g/mol. The Kier molecular flexibility index (Phi) is 4.20. The Labute approximate surface area is 174 Å². The van der Waals surface area contributed by atoms with Crippen molar-refractivity contribution in [3.63, 3.8) is 0 Å². The Morgan fingerprint density at radius 1 is 1.23 bits per heavy atom. The van der Waals surface area contributed by atoms with Gasteiger partial charge in [-0.25, -0.2) is 0 Å². The van der Waals surface area contributed by atoms with E-state index in [2.05, 4.69) is 20.6 Å². The zero-order valence-corrected chi connectivity index (χ0v) is 17.5. The Bertz CT molecular complexity index is 1150.